The van der Waals surface area contributed by atoms with Gasteiger partial charge in [0.15, 0.2) is 0 Å². The van der Waals surface area contributed by atoms with E-state index < -0.39 is 6.10 Å². The van der Waals surface area contributed by atoms with Crippen LogP contribution in [0.4, 0.5) is 10.5 Å². The number of aryl methyl sites for hydroxylation is 1. The van der Waals surface area contributed by atoms with Crippen LogP contribution in [0.3, 0.4) is 0 Å². The summed E-state index contributed by atoms with van der Waals surface area (Å²) in [6, 6.07) is 7.52. The molecule has 1 unspecified atom stereocenters. The summed E-state index contributed by atoms with van der Waals surface area (Å²) in [5.41, 5.74) is 3.00. The monoisotopic (exact) mass is 328 g/mol. The zero-order valence-corrected chi connectivity index (χ0v) is 14.1. The third kappa shape index (κ3) is 4.35. The minimum atomic E-state index is -0.416. The highest BCUT2D eigenvalue weighted by Gasteiger charge is 2.31. The molecule has 2 amide bonds. The van der Waals surface area contributed by atoms with Gasteiger partial charge >= 0.3 is 6.03 Å². The Hall–Kier alpha value is -2.34. The Morgan fingerprint density at radius 1 is 1.42 bits per heavy atom. The van der Waals surface area contributed by atoms with Gasteiger partial charge in [0, 0.05) is 25.5 Å². The van der Waals surface area contributed by atoms with Crippen molar-refractivity contribution in [3.8, 4) is 0 Å². The third-order valence-corrected chi connectivity index (χ3v) is 4.29. The van der Waals surface area contributed by atoms with Gasteiger partial charge in [-0.05, 0) is 48.9 Å². The van der Waals surface area contributed by atoms with Crippen LogP contribution >= 0.6 is 0 Å². The van der Waals surface area contributed by atoms with Gasteiger partial charge in [0.2, 0.25) is 0 Å². The molecule has 6 heteroatoms. The minimum absolute atomic E-state index is 0.204. The van der Waals surface area contributed by atoms with E-state index in [-0.39, 0.29) is 6.03 Å². The lowest BCUT2D eigenvalue weighted by Gasteiger charge is -2.21. The number of aliphatic hydroxyl groups excluding tert-OH is 1. The van der Waals surface area contributed by atoms with Crippen molar-refractivity contribution in [3.05, 3.63) is 47.8 Å². The Labute approximate surface area is 142 Å². The van der Waals surface area contributed by atoms with Crippen molar-refractivity contribution in [2.45, 2.75) is 32.4 Å². The summed E-state index contributed by atoms with van der Waals surface area (Å²) in [4.78, 5) is 13.7. The van der Waals surface area contributed by atoms with E-state index in [2.05, 4.69) is 10.4 Å². The number of amides is 2. The lowest BCUT2D eigenvalue weighted by Crippen LogP contribution is -2.37. The maximum absolute atomic E-state index is 12.2. The van der Waals surface area contributed by atoms with Crippen LogP contribution in [0, 0.1) is 12.8 Å². The lowest BCUT2D eigenvalue weighted by atomic mass is 10.2. The number of hydrogen-bond donors (Lipinski definition) is 2. The minimum Gasteiger partial charge on any atom is -0.391 e. The smallest absolute Gasteiger partial charge is 0.321 e. The first-order valence-corrected chi connectivity index (χ1v) is 8.29. The molecule has 6 nitrogen and oxygen atoms in total. The van der Waals surface area contributed by atoms with Crippen LogP contribution in [0.25, 0.3) is 0 Å². The molecule has 1 aliphatic carbocycles. The topological polar surface area (TPSA) is 70.4 Å². The fourth-order valence-corrected chi connectivity index (χ4v) is 2.65. The Kier molecular flexibility index (Phi) is 4.85. The summed E-state index contributed by atoms with van der Waals surface area (Å²) in [7, 11) is 1.70. The number of benzene rings is 1. The largest absolute Gasteiger partial charge is 0.391 e. The van der Waals surface area contributed by atoms with Crippen molar-refractivity contribution in [1.82, 2.24) is 14.7 Å². The Bertz CT molecular complexity index is 691. The molecule has 128 valence electrons. The van der Waals surface area contributed by atoms with Gasteiger partial charge in [-0.2, -0.15) is 5.10 Å². The van der Waals surface area contributed by atoms with E-state index in [1.165, 1.54) is 4.90 Å². The van der Waals surface area contributed by atoms with Gasteiger partial charge < -0.3 is 15.3 Å². The van der Waals surface area contributed by atoms with Gasteiger partial charge in [-0.15, -0.1) is 0 Å². The maximum Gasteiger partial charge on any atom is 0.321 e. The summed E-state index contributed by atoms with van der Waals surface area (Å²) < 4.78 is 1.88. The number of rotatable bonds is 6. The summed E-state index contributed by atoms with van der Waals surface area (Å²) in [5, 5.41) is 17.0. The second-order valence-electron chi connectivity index (χ2n) is 6.63. The average molecular weight is 328 g/mol. The van der Waals surface area contributed by atoms with Crippen LogP contribution in [0.5, 0.6) is 0 Å². The fraction of sp³-hybridized carbons (Fsp3) is 0.444. The molecule has 2 N–H and O–H groups in total. The molecular weight excluding hydrogens is 304 g/mol. The first-order chi connectivity index (χ1) is 11.5. The van der Waals surface area contributed by atoms with Crippen molar-refractivity contribution in [3.63, 3.8) is 0 Å². The first kappa shape index (κ1) is 16.5. The molecule has 1 aromatic carbocycles. The molecule has 1 atom stereocenters. The quantitative estimate of drug-likeness (QED) is 0.856. The molecule has 1 aliphatic rings. The fourth-order valence-electron chi connectivity index (χ4n) is 2.65. The van der Waals surface area contributed by atoms with Crippen LogP contribution in [0.15, 0.2) is 36.7 Å². The average Bonchev–Trinajstić information content (AvgIpc) is 3.33. The summed E-state index contributed by atoms with van der Waals surface area (Å²) in [6.07, 6.45) is 5.54. The standard InChI is InChI=1S/C18H24N4O2/c1-13-9-19-22(10-13)11-14-3-7-16(8-4-14)20-18(24)21(2)12-17(23)15-5-6-15/h3-4,7-10,15,17,23H,5-6,11-12H2,1-2H3,(H,20,24). The molecule has 24 heavy (non-hydrogen) atoms. The molecule has 0 saturated heterocycles. The Morgan fingerprint density at radius 3 is 2.71 bits per heavy atom. The van der Waals surface area contributed by atoms with Gasteiger partial charge in [-0.25, -0.2) is 4.79 Å². The highest BCUT2D eigenvalue weighted by atomic mass is 16.3. The molecule has 1 saturated carbocycles. The highest BCUT2D eigenvalue weighted by Crippen LogP contribution is 2.32. The third-order valence-electron chi connectivity index (χ3n) is 4.29. The van der Waals surface area contributed by atoms with Crippen LogP contribution in [0.1, 0.15) is 24.0 Å². The van der Waals surface area contributed by atoms with Gasteiger partial charge in [0.05, 0.1) is 18.8 Å². The second kappa shape index (κ2) is 7.05. The number of aliphatic hydroxyl groups is 1. The second-order valence-corrected chi connectivity index (χ2v) is 6.63. The summed E-state index contributed by atoms with van der Waals surface area (Å²) in [6.45, 7) is 3.08. The molecule has 0 aliphatic heterocycles. The van der Waals surface area contributed by atoms with Crippen molar-refractivity contribution in [2.75, 3.05) is 18.9 Å². The van der Waals surface area contributed by atoms with Gasteiger partial charge in [0.25, 0.3) is 0 Å². The number of nitrogens with zero attached hydrogens (tertiary/aromatic N) is 3. The van der Waals surface area contributed by atoms with Crippen LogP contribution in [-0.2, 0) is 6.54 Å². The van der Waals surface area contributed by atoms with E-state index in [4.69, 9.17) is 0 Å². The van der Waals surface area contributed by atoms with E-state index in [0.717, 1.165) is 29.7 Å². The van der Waals surface area contributed by atoms with E-state index in [1.807, 2.05) is 48.3 Å². The molecule has 1 heterocycles. The normalized spacial score (nSPS) is 15.1. The van der Waals surface area contributed by atoms with Gasteiger partial charge in [0.1, 0.15) is 0 Å². The van der Waals surface area contributed by atoms with Crippen molar-refractivity contribution >= 4 is 11.7 Å². The predicted molar refractivity (Wildman–Crippen MR) is 92.9 cm³/mol. The molecule has 0 radical (unpaired) electrons. The molecular formula is C18H24N4O2. The lowest BCUT2D eigenvalue weighted by molar-refractivity contribution is 0.117. The Morgan fingerprint density at radius 2 is 2.12 bits per heavy atom. The zero-order valence-electron chi connectivity index (χ0n) is 14.1. The van der Waals surface area contributed by atoms with E-state index in [0.29, 0.717) is 19.0 Å². The van der Waals surface area contributed by atoms with Gasteiger partial charge in [-0.3, -0.25) is 4.68 Å². The molecule has 0 spiro atoms. The van der Waals surface area contributed by atoms with E-state index >= 15 is 0 Å². The van der Waals surface area contributed by atoms with Crippen molar-refractivity contribution in [1.29, 1.82) is 0 Å². The Balaban J connectivity index is 1.52. The summed E-state index contributed by atoms with van der Waals surface area (Å²) >= 11 is 0. The van der Waals surface area contributed by atoms with Crippen molar-refractivity contribution < 1.29 is 9.90 Å². The number of nitrogens with one attached hydrogen (secondary N) is 1. The molecule has 2 aromatic rings. The number of likely N-dealkylation sites (N-methyl/N-ethyl adjacent to an activating group) is 1. The number of aromatic nitrogens is 2. The van der Waals surface area contributed by atoms with Gasteiger partial charge in [-0.1, -0.05) is 12.1 Å². The number of carbonyl (C=O) groups excluding carboxylic acids is 1. The van der Waals surface area contributed by atoms with E-state index in [1.54, 1.807) is 7.05 Å². The number of carbonyl (C=O) groups is 1. The van der Waals surface area contributed by atoms with Crippen LogP contribution < -0.4 is 5.32 Å². The predicted octanol–water partition coefficient (Wildman–Crippen LogP) is 2.47. The number of hydrogen-bond acceptors (Lipinski definition) is 3. The number of anilines is 1. The molecule has 1 aromatic heterocycles. The molecule has 1 fully saturated rings. The summed E-state index contributed by atoms with van der Waals surface area (Å²) in [5.74, 6) is 0.366. The van der Waals surface area contributed by atoms with Crippen molar-refractivity contribution in [2.24, 2.45) is 5.92 Å². The van der Waals surface area contributed by atoms with Crippen LogP contribution in [0.2, 0.25) is 0 Å². The highest BCUT2D eigenvalue weighted by molar-refractivity contribution is 5.89. The van der Waals surface area contributed by atoms with Crippen LogP contribution in [-0.4, -0.2) is 45.5 Å². The molecule has 3 rings (SSSR count). The zero-order chi connectivity index (χ0) is 17.1. The SMILES string of the molecule is Cc1cnn(Cc2ccc(NC(=O)N(C)CC(O)C3CC3)cc2)c1. The first-order valence-electron chi connectivity index (χ1n) is 8.29. The molecule has 0 bridgehead atoms. The number of urea groups is 1. The maximum atomic E-state index is 12.2. The van der Waals surface area contributed by atoms with E-state index in [9.17, 15) is 9.90 Å².